The smallest absolute Gasteiger partial charge is 0.348 e. The summed E-state index contributed by atoms with van der Waals surface area (Å²) in [6.07, 6.45) is 3.60. The van der Waals surface area contributed by atoms with Gasteiger partial charge in [-0.1, -0.05) is 0 Å². The molecule has 2 aromatic heterocycles. The fraction of sp³-hybridized carbons (Fsp3) is 0.667. The average molecular weight is 420 g/mol. The number of thiophene rings is 1. The first-order chi connectivity index (χ1) is 14.1. The number of carbonyl (C=O) groups excluding carboxylic acids is 1. The van der Waals surface area contributed by atoms with Crippen LogP contribution in [0.4, 0.5) is 5.82 Å². The van der Waals surface area contributed by atoms with E-state index in [-0.39, 0.29) is 5.97 Å². The van der Waals surface area contributed by atoms with Crippen molar-refractivity contribution in [1.82, 2.24) is 9.97 Å². The van der Waals surface area contributed by atoms with Crippen LogP contribution in [0, 0.1) is 6.92 Å². The van der Waals surface area contributed by atoms with Crippen LogP contribution in [-0.2, 0) is 16.0 Å². The summed E-state index contributed by atoms with van der Waals surface area (Å²) in [7, 11) is 0. The molecule has 0 bridgehead atoms. The van der Waals surface area contributed by atoms with Crippen molar-refractivity contribution in [2.45, 2.75) is 52.6 Å². The van der Waals surface area contributed by atoms with Crippen molar-refractivity contribution >= 4 is 33.3 Å². The fourth-order valence-corrected chi connectivity index (χ4v) is 5.40. The van der Waals surface area contributed by atoms with Gasteiger partial charge in [-0.05, 0) is 45.6 Å². The number of piperidine rings is 1. The van der Waals surface area contributed by atoms with Gasteiger partial charge in [0.05, 0.1) is 25.2 Å². The highest BCUT2D eigenvalue weighted by molar-refractivity contribution is 7.20. The fourth-order valence-electron chi connectivity index (χ4n) is 4.31. The Balaban J connectivity index is 1.78. The van der Waals surface area contributed by atoms with Crippen molar-refractivity contribution in [2.75, 3.05) is 44.4 Å². The monoisotopic (exact) mass is 419 g/mol. The second-order valence-corrected chi connectivity index (χ2v) is 9.00. The lowest BCUT2D eigenvalue weighted by Crippen LogP contribution is -3.12. The number of morpholine rings is 1. The molecule has 29 heavy (non-hydrogen) atoms. The van der Waals surface area contributed by atoms with Gasteiger partial charge in [-0.25, -0.2) is 14.8 Å². The van der Waals surface area contributed by atoms with Crippen LogP contribution < -0.4 is 9.80 Å². The SMILES string of the molecule is CCOC(=O)c1sc2nc(C[NH+]3CCOCC3)nc(N3CCCC[C@H]3C)c2c1C. The van der Waals surface area contributed by atoms with Crippen LogP contribution in [0.1, 0.15) is 54.2 Å². The number of anilines is 1. The van der Waals surface area contributed by atoms with Crippen molar-refractivity contribution in [2.24, 2.45) is 0 Å². The number of rotatable bonds is 5. The van der Waals surface area contributed by atoms with Crippen LogP contribution in [0.2, 0.25) is 0 Å². The van der Waals surface area contributed by atoms with E-state index in [0.29, 0.717) is 17.5 Å². The van der Waals surface area contributed by atoms with E-state index in [1.165, 1.54) is 35.5 Å². The highest BCUT2D eigenvalue weighted by Crippen LogP contribution is 2.37. The molecule has 7 nitrogen and oxygen atoms in total. The van der Waals surface area contributed by atoms with E-state index in [1.807, 2.05) is 13.8 Å². The summed E-state index contributed by atoms with van der Waals surface area (Å²) in [6, 6.07) is 0.441. The van der Waals surface area contributed by atoms with E-state index in [9.17, 15) is 4.79 Å². The van der Waals surface area contributed by atoms with Gasteiger partial charge in [0.15, 0.2) is 5.82 Å². The topological polar surface area (TPSA) is 69.0 Å². The van der Waals surface area contributed by atoms with Gasteiger partial charge in [0.25, 0.3) is 0 Å². The highest BCUT2D eigenvalue weighted by Gasteiger charge is 2.28. The summed E-state index contributed by atoms with van der Waals surface area (Å²) < 4.78 is 10.8. The van der Waals surface area contributed by atoms with Crippen molar-refractivity contribution in [3.63, 3.8) is 0 Å². The molecule has 0 saturated carbocycles. The van der Waals surface area contributed by atoms with Gasteiger partial charge in [-0.15, -0.1) is 11.3 Å². The Morgan fingerprint density at radius 1 is 1.31 bits per heavy atom. The molecule has 4 heterocycles. The van der Waals surface area contributed by atoms with Gasteiger partial charge in [0.1, 0.15) is 35.2 Å². The minimum Gasteiger partial charge on any atom is -0.462 e. The van der Waals surface area contributed by atoms with Gasteiger partial charge >= 0.3 is 5.97 Å². The normalized spacial score (nSPS) is 20.9. The summed E-state index contributed by atoms with van der Waals surface area (Å²) >= 11 is 1.44. The predicted octanol–water partition coefficient (Wildman–Crippen LogP) is 1.97. The number of hydrogen-bond donors (Lipinski definition) is 1. The summed E-state index contributed by atoms with van der Waals surface area (Å²) in [6.45, 7) is 11.8. The third-order valence-electron chi connectivity index (χ3n) is 5.96. The number of quaternary nitrogens is 1. The Hall–Kier alpha value is -1.77. The molecule has 2 aromatic rings. The average Bonchev–Trinajstić information content (AvgIpc) is 3.05. The number of esters is 1. The van der Waals surface area contributed by atoms with Crippen LogP contribution >= 0.6 is 11.3 Å². The maximum absolute atomic E-state index is 12.5. The van der Waals surface area contributed by atoms with Gasteiger partial charge in [0.2, 0.25) is 0 Å². The van der Waals surface area contributed by atoms with Gasteiger partial charge in [0, 0.05) is 12.6 Å². The van der Waals surface area contributed by atoms with E-state index in [0.717, 1.165) is 66.8 Å². The van der Waals surface area contributed by atoms with Gasteiger partial charge in [-0.3, -0.25) is 0 Å². The van der Waals surface area contributed by atoms with E-state index >= 15 is 0 Å². The van der Waals surface area contributed by atoms with Crippen molar-refractivity contribution in [1.29, 1.82) is 0 Å². The van der Waals surface area contributed by atoms with Crippen LogP contribution in [-0.4, -0.2) is 61.4 Å². The van der Waals surface area contributed by atoms with Gasteiger partial charge in [-0.2, -0.15) is 0 Å². The summed E-state index contributed by atoms with van der Waals surface area (Å²) in [5.41, 5.74) is 0.946. The molecule has 1 atom stereocenters. The number of ether oxygens (including phenoxy) is 2. The second-order valence-electron chi connectivity index (χ2n) is 8.00. The molecule has 1 N–H and O–H groups in total. The highest BCUT2D eigenvalue weighted by atomic mass is 32.1. The molecule has 158 valence electrons. The van der Waals surface area contributed by atoms with Crippen LogP contribution in [0.3, 0.4) is 0 Å². The van der Waals surface area contributed by atoms with Gasteiger partial charge < -0.3 is 19.3 Å². The molecule has 2 fully saturated rings. The molecular weight excluding hydrogens is 388 g/mol. The summed E-state index contributed by atoms with van der Waals surface area (Å²) in [5, 5.41) is 1.02. The molecule has 2 saturated heterocycles. The number of hydrogen-bond acceptors (Lipinski definition) is 7. The predicted molar refractivity (Wildman–Crippen MR) is 114 cm³/mol. The minimum atomic E-state index is -0.258. The number of nitrogens with zero attached hydrogens (tertiary/aromatic N) is 3. The van der Waals surface area contributed by atoms with Crippen LogP contribution in [0.5, 0.6) is 0 Å². The lowest BCUT2D eigenvalue weighted by atomic mass is 10.0. The molecule has 0 spiro atoms. The standard InChI is InChI=1S/C21H30N4O3S/c1-4-28-21(26)18-15(3)17-19(25-8-6-5-7-14(25)2)22-16(23-20(17)29-18)13-24-9-11-27-12-10-24/h14H,4-13H2,1-3H3/p+1/t14-/m1/s1. The molecule has 8 heteroatoms. The molecule has 0 unspecified atom stereocenters. The van der Waals surface area contributed by atoms with E-state index in [1.54, 1.807) is 0 Å². The number of aryl methyl sites for hydroxylation is 1. The maximum Gasteiger partial charge on any atom is 0.348 e. The maximum atomic E-state index is 12.5. The molecule has 4 rings (SSSR count). The molecule has 0 aromatic carbocycles. The van der Waals surface area contributed by atoms with Crippen molar-refractivity contribution < 1.29 is 19.2 Å². The number of fused-ring (bicyclic) bond motifs is 1. The first-order valence-corrected chi connectivity index (χ1v) is 11.5. The Kier molecular flexibility index (Phi) is 6.32. The van der Waals surface area contributed by atoms with Crippen molar-refractivity contribution in [3.05, 3.63) is 16.3 Å². The first-order valence-electron chi connectivity index (χ1n) is 10.7. The number of nitrogens with one attached hydrogen (secondary N) is 1. The molecule has 2 aliphatic rings. The Bertz CT molecular complexity index is 878. The van der Waals surface area contributed by atoms with E-state index in [2.05, 4.69) is 11.8 Å². The Morgan fingerprint density at radius 2 is 2.10 bits per heavy atom. The molecule has 0 radical (unpaired) electrons. The molecular formula is C21H31N4O3S+. The zero-order valence-corrected chi connectivity index (χ0v) is 18.4. The number of aromatic nitrogens is 2. The molecule has 0 amide bonds. The molecule has 0 aliphatic carbocycles. The van der Waals surface area contributed by atoms with E-state index < -0.39 is 0 Å². The van der Waals surface area contributed by atoms with E-state index in [4.69, 9.17) is 19.4 Å². The zero-order valence-electron chi connectivity index (χ0n) is 17.6. The Morgan fingerprint density at radius 3 is 2.83 bits per heavy atom. The van der Waals surface area contributed by atoms with Crippen LogP contribution in [0.25, 0.3) is 10.2 Å². The van der Waals surface area contributed by atoms with Crippen molar-refractivity contribution in [3.8, 4) is 0 Å². The zero-order chi connectivity index (χ0) is 20.4. The van der Waals surface area contributed by atoms with Crippen LogP contribution in [0.15, 0.2) is 0 Å². The largest absolute Gasteiger partial charge is 0.462 e. The third kappa shape index (κ3) is 4.25. The number of carbonyl (C=O) groups is 1. The first kappa shape index (κ1) is 20.5. The third-order valence-corrected chi connectivity index (χ3v) is 7.13. The summed E-state index contributed by atoms with van der Waals surface area (Å²) in [4.78, 5) is 27.9. The second kappa shape index (κ2) is 8.93. The summed E-state index contributed by atoms with van der Waals surface area (Å²) in [5.74, 6) is 1.60. The molecule has 2 aliphatic heterocycles. The minimum absolute atomic E-state index is 0.258. The quantitative estimate of drug-likeness (QED) is 0.748. The lowest BCUT2D eigenvalue weighted by molar-refractivity contribution is -0.922. The Labute approximate surface area is 176 Å². The lowest BCUT2D eigenvalue weighted by Gasteiger charge is -2.35.